The van der Waals surface area contributed by atoms with E-state index >= 15 is 0 Å². The molecule has 0 spiro atoms. The Labute approximate surface area is 70.1 Å². The molecule has 2 unspecified atom stereocenters. The standard InChI is InChI=1S/C7H13BrN2/c1-10-3-2-7(8)5-9-4-6(7)10/h6,9H,2-5H2,1H3. The van der Waals surface area contributed by atoms with Crippen molar-refractivity contribution in [3.8, 4) is 0 Å². The molecule has 2 atom stereocenters. The van der Waals surface area contributed by atoms with Gasteiger partial charge in [0, 0.05) is 19.1 Å². The summed E-state index contributed by atoms with van der Waals surface area (Å²) >= 11 is 3.81. The first-order valence-corrected chi connectivity index (χ1v) is 4.61. The van der Waals surface area contributed by atoms with E-state index in [2.05, 4.69) is 33.2 Å². The van der Waals surface area contributed by atoms with E-state index in [1.807, 2.05) is 0 Å². The Morgan fingerprint density at radius 2 is 2.50 bits per heavy atom. The number of fused-ring (bicyclic) bond motifs is 1. The largest absolute Gasteiger partial charge is 0.314 e. The number of likely N-dealkylation sites (tertiary alicyclic amines) is 1. The number of nitrogens with zero attached hydrogens (tertiary/aromatic N) is 1. The Bertz CT molecular complexity index is 151. The summed E-state index contributed by atoms with van der Waals surface area (Å²) in [6, 6.07) is 0.729. The minimum Gasteiger partial charge on any atom is -0.314 e. The van der Waals surface area contributed by atoms with Gasteiger partial charge in [-0.2, -0.15) is 0 Å². The highest BCUT2D eigenvalue weighted by atomic mass is 79.9. The minimum absolute atomic E-state index is 0.405. The summed E-state index contributed by atoms with van der Waals surface area (Å²) < 4.78 is 0.405. The highest BCUT2D eigenvalue weighted by Gasteiger charge is 2.47. The molecule has 2 saturated heterocycles. The molecule has 2 rings (SSSR count). The van der Waals surface area contributed by atoms with E-state index in [4.69, 9.17) is 0 Å². The van der Waals surface area contributed by atoms with Gasteiger partial charge in [0.15, 0.2) is 0 Å². The predicted molar refractivity (Wildman–Crippen MR) is 45.6 cm³/mol. The van der Waals surface area contributed by atoms with Gasteiger partial charge in [0.05, 0.1) is 4.32 Å². The first kappa shape index (κ1) is 7.07. The van der Waals surface area contributed by atoms with Crippen molar-refractivity contribution in [3.05, 3.63) is 0 Å². The molecule has 0 aromatic heterocycles. The molecule has 0 aromatic rings. The van der Waals surface area contributed by atoms with Crippen LogP contribution >= 0.6 is 15.9 Å². The van der Waals surface area contributed by atoms with Crippen LogP contribution in [0.4, 0.5) is 0 Å². The van der Waals surface area contributed by atoms with E-state index in [1.54, 1.807) is 0 Å². The fraction of sp³-hybridized carbons (Fsp3) is 1.00. The lowest BCUT2D eigenvalue weighted by Gasteiger charge is -2.22. The lowest BCUT2D eigenvalue weighted by Crippen LogP contribution is -2.36. The van der Waals surface area contributed by atoms with Gasteiger partial charge in [-0.15, -0.1) is 0 Å². The third-order valence-electron chi connectivity index (χ3n) is 2.77. The van der Waals surface area contributed by atoms with Gasteiger partial charge in [-0.05, 0) is 20.0 Å². The first-order chi connectivity index (χ1) is 4.72. The van der Waals surface area contributed by atoms with Crippen LogP contribution in [0.25, 0.3) is 0 Å². The minimum atomic E-state index is 0.405. The quantitative estimate of drug-likeness (QED) is 0.577. The Morgan fingerprint density at radius 1 is 1.70 bits per heavy atom. The lowest BCUT2D eigenvalue weighted by molar-refractivity contribution is 0.317. The third kappa shape index (κ3) is 0.840. The van der Waals surface area contributed by atoms with Crippen LogP contribution in [0.2, 0.25) is 0 Å². The zero-order valence-electron chi connectivity index (χ0n) is 6.23. The molecule has 0 aromatic carbocycles. The van der Waals surface area contributed by atoms with Crippen LogP contribution in [0.15, 0.2) is 0 Å². The van der Waals surface area contributed by atoms with Crippen LogP contribution in [0, 0.1) is 0 Å². The molecule has 0 amide bonds. The predicted octanol–water partition coefficient (Wildman–Crippen LogP) is 0.427. The number of halogens is 1. The summed E-state index contributed by atoms with van der Waals surface area (Å²) in [7, 11) is 2.21. The third-order valence-corrected chi connectivity index (χ3v) is 3.97. The maximum atomic E-state index is 3.81. The molecular formula is C7H13BrN2. The number of nitrogens with one attached hydrogen (secondary N) is 1. The zero-order valence-corrected chi connectivity index (χ0v) is 7.82. The Morgan fingerprint density at radius 3 is 3.20 bits per heavy atom. The van der Waals surface area contributed by atoms with E-state index in [0.29, 0.717) is 4.32 Å². The van der Waals surface area contributed by atoms with Gasteiger partial charge < -0.3 is 10.2 Å². The maximum absolute atomic E-state index is 3.81. The van der Waals surface area contributed by atoms with Crippen molar-refractivity contribution in [1.29, 1.82) is 0 Å². The van der Waals surface area contributed by atoms with E-state index in [-0.39, 0.29) is 0 Å². The van der Waals surface area contributed by atoms with Crippen LogP contribution in [-0.4, -0.2) is 41.9 Å². The molecule has 0 bridgehead atoms. The Balaban J connectivity index is 2.19. The molecule has 0 aliphatic carbocycles. The first-order valence-electron chi connectivity index (χ1n) is 3.82. The summed E-state index contributed by atoms with van der Waals surface area (Å²) in [6.07, 6.45) is 1.29. The van der Waals surface area contributed by atoms with Crippen LogP contribution < -0.4 is 5.32 Å². The number of hydrogen-bond acceptors (Lipinski definition) is 2. The maximum Gasteiger partial charge on any atom is 0.0561 e. The van der Waals surface area contributed by atoms with Crippen LogP contribution in [0.3, 0.4) is 0 Å². The van der Waals surface area contributed by atoms with Gasteiger partial charge in [0.25, 0.3) is 0 Å². The lowest BCUT2D eigenvalue weighted by atomic mass is 10.1. The highest BCUT2D eigenvalue weighted by Crippen LogP contribution is 2.37. The molecule has 0 saturated carbocycles. The van der Waals surface area contributed by atoms with Crippen molar-refractivity contribution < 1.29 is 0 Å². The SMILES string of the molecule is CN1CCC2(Br)CNCC12. The second kappa shape index (κ2) is 2.19. The number of rotatable bonds is 0. The van der Waals surface area contributed by atoms with Crippen molar-refractivity contribution in [2.75, 3.05) is 26.7 Å². The summed E-state index contributed by atoms with van der Waals surface area (Å²) in [5.74, 6) is 0. The molecule has 1 N–H and O–H groups in total. The molecule has 2 aliphatic heterocycles. The second-order valence-electron chi connectivity index (χ2n) is 3.41. The topological polar surface area (TPSA) is 15.3 Å². The number of hydrogen-bond donors (Lipinski definition) is 1. The fourth-order valence-corrected chi connectivity index (χ4v) is 2.93. The van der Waals surface area contributed by atoms with Crippen molar-refractivity contribution in [3.63, 3.8) is 0 Å². The van der Waals surface area contributed by atoms with Gasteiger partial charge >= 0.3 is 0 Å². The summed E-state index contributed by atoms with van der Waals surface area (Å²) in [4.78, 5) is 2.44. The van der Waals surface area contributed by atoms with Crippen LogP contribution in [0.1, 0.15) is 6.42 Å². The van der Waals surface area contributed by atoms with E-state index in [9.17, 15) is 0 Å². The van der Waals surface area contributed by atoms with E-state index in [0.717, 1.165) is 19.1 Å². The normalized spacial score (nSPS) is 48.0. The van der Waals surface area contributed by atoms with Gasteiger partial charge in [0.1, 0.15) is 0 Å². The number of alkyl halides is 1. The van der Waals surface area contributed by atoms with E-state index in [1.165, 1.54) is 13.0 Å². The monoisotopic (exact) mass is 204 g/mol. The molecule has 3 heteroatoms. The van der Waals surface area contributed by atoms with Gasteiger partial charge in [0.2, 0.25) is 0 Å². The Kier molecular flexibility index (Phi) is 1.55. The molecule has 58 valence electrons. The van der Waals surface area contributed by atoms with Crippen LogP contribution in [0.5, 0.6) is 0 Å². The molecular weight excluding hydrogens is 192 g/mol. The highest BCUT2D eigenvalue weighted by molar-refractivity contribution is 9.10. The fourth-order valence-electron chi connectivity index (χ4n) is 2.04. The molecule has 2 fully saturated rings. The van der Waals surface area contributed by atoms with Crippen molar-refractivity contribution >= 4 is 15.9 Å². The molecule has 2 nitrogen and oxygen atoms in total. The smallest absolute Gasteiger partial charge is 0.0561 e. The summed E-state index contributed by atoms with van der Waals surface area (Å²) in [6.45, 7) is 3.54. The summed E-state index contributed by atoms with van der Waals surface area (Å²) in [5, 5.41) is 3.41. The second-order valence-corrected chi connectivity index (χ2v) is 4.99. The van der Waals surface area contributed by atoms with Crippen LogP contribution in [-0.2, 0) is 0 Å². The summed E-state index contributed by atoms with van der Waals surface area (Å²) in [5.41, 5.74) is 0. The van der Waals surface area contributed by atoms with Crippen molar-refractivity contribution in [2.24, 2.45) is 0 Å². The zero-order chi connectivity index (χ0) is 7.19. The van der Waals surface area contributed by atoms with Crippen molar-refractivity contribution in [1.82, 2.24) is 10.2 Å². The van der Waals surface area contributed by atoms with Gasteiger partial charge in [-0.3, -0.25) is 0 Å². The van der Waals surface area contributed by atoms with Crippen molar-refractivity contribution in [2.45, 2.75) is 16.8 Å². The Hall–Kier alpha value is 0.400. The van der Waals surface area contributed by atoms with Gasteiger partial charge in [-0.1, -0.05) is 15.9 Å². The molecule has 2 heterocycles. The average molecular weight is 205 g/mol. The molecule has 2 aliphatic rings. The average Bonchev–Trinajstić information content (AvgIpc) is 2.35. The molecule has 10 heavy (non-hydrogen) atoms. The van der Waals surface area contributed by atoms with E-state index < -0.39 is 0 Å². The molecule has 0 radical (unpaired) electrons. The van der Waals surface area contributed by atoms with Gasteiger partial charge in [-0.25, -0.2) is 0 Å². The number of likely N-dealkylation sites (N-methyl/N-ethyl adjacent to an activating group) is 1.